The molecule has 5 rings (SSSR count). The second-order valence-corrected chi connectivity index (χ2v) is 6.70. The molecule has 0 unspecified atom stereocenters. The van der Waals surface area contributed by atoms with E-state index in [1.807, 2.05) is 37.5 Å². The summed E-state index contributed by atoms with van der Waals surface area (Å²) < 4.78 is 0. The van der Waals surface area contributed by atoms with Gasteiger partial charge in [0.15, 0.2) is 5.82 Å². The van der Waals surface area contributed by atoms with Gasteiger partial charge in [-0.1, -0.05) is 0 Å². The number of imidazole rings is 1. The standard InChI is InChI=1S/C21H18N8O/c1-2-22-21(30)29-20-27-16-10-13(14-8-12-4-7-25-18(12)26-11-14)9-15(17(16)28-20)19-23-5-3-6-24-19/h3-11H,2H2,1H3,(H,25,26)(H3,22,27,28,29,30). The van der Waals surface area contributed by atoms with Crippen molar-refractivity contribution >= 4 is 34.0 Å². The monoisotopic (exact) mass is 398 g/mol. The normalized spacial score (nSPS) is 11.1. The first-order valence-corrected chi connectivity index (χ1v) is 9.51. The number of benzene rings is 1. The van der Waals surface area contributed by atoms with Gasteiger partial charge >= 0.3 is 6.03 Å². The molecule has 0 aliphatic heterocycles. The number of pyridine rings is 1. The molecule has 0 radical (unpaired) electrons. The largest absolute Gasteiger partial charge is 0.346 e. The fourth-order valence-electron chi connectivity index (χ4n) is 3.36. The summed E-state index contributed by atoms with van der Waals surface area (Å²) in [5.74, 6) is 0.915. The van der Waals surface area contributed by atoms with E-state index in [0.29, 0.717) is 23.8 Å². The van der Waals surface area contributed by atoms with E-state index in [4.69, 9.17) is 0 Å². The van der Waals surface area contributed by atoms with Gasteiger partial charge in [-0.15, -0.1) is 0 Å². The third kappa shape index (κ3) is 3.22. The molecule has 30 heavy (non-hydrogen) atoms. The minimum absolute atomic E-state index is 0.323. The van der Waals surface area contributed by atoms with Crippen LogP contribution in [0.25, 0.3) is 44.6 Å². The van der Waals surface area contributed by atoms with Crippen molar-refractivity contribution in [2.24, 2.45) is 0 Å². The fraction of sp³-hybridized carbons (Fsp3) is 0.0952. The Morgan fingerprint density at radius 2 is 1.97 bits per heavy atom. The maximum atomic E-state index is 11.9. The number of carbonyl (C=O) groups is 1. The van der Waals surface area contributed by atoms with Crippen LogP contribution in [0.2, 0.25) is 0 Å². The summed E-state index contributed by atoms with van der Waals surface area (Å²) in [7, 11) is 0. The number of aromatic nitrogens is 6. The number of aromatic amines is 2. The zero-order valence-electron chi connectivity index (χ0n) is 16.1. The number of carbonyl (C=O) groups excluding carboxylic acids is 1. The first-order chi connectivity index (χ1) is 14.7. The van der Waals surface area contributed by atoms with Crippen LogP contribution in [0, 0.1) is 0 Å². The lowest BCUT2D eigenvalue weighted by Crippen LogP contribution is -2.28. The number of nitrogens with zero attached hydrogens (tertiary/aromatic N) is 4. The molecule has 0 saturated heterocycles. The van der Waals surface area contributed by atoms with Crippen LogP contribution in [0.15, 0.2) is 55.1 Å². The van der Waals surface area contributed by atoms with Gasteiger partial charge in [0.25, 0.3) is 0 Å². The molecule has 0 bridgehead atoms. The zero-order chi connectivity index (χ0) is 20.5. The highest BCUT2D eigenvalue weighted by atomic mass is 16.2. The summed E-state index contributed by atoms with van der Waals surface area (Å²) >= 11 is 0. The number of hydrogen-bond acceptors (Lipinski definition) is 5. The predicted octanol–water partition coefficient (Wildman–Crippen LogP) is 3.70. The summed E-state index contributed by atoms with van der Waals surface area (Å²) in [6.45, 7) is 2.37. The average molecular weight is 398 g/mol. The zero-order valence-corrected chi connectivity index (χ0v) is 16.1. The lowest BCUT2D eigenvalue weighted by Gasteiger charge is -2.06. The molecule has 4 N–H and O–H groups in total. The quantitative estimate of drug-likeness (QED) is 0.367. The van der Waals surface area contributed by atoms with Crippen LogP contribution in [0.1, 0.15) is 6.92 Å². The van der Waals surface area contributed by atoms with Gasteiger partial charge in [-0.2, -0.15) is 0 Å². The van der Waals surface area contributed by atoms with Gasteiger partial charge in [0.05, 0.1) is 11.0 Å². The van der Waals surface area contributed by atoms with E-state index in [-0.39, 0.29) is 6.03 Å². The van der Waals surface area contributed by atoms with E-state index >= 15 is 0 Å². The first-order valence-electron chi connectivity index (χ1n) is 9.51. The van der Waals surface area contributed by atoms with Crippen molar-refractivity contribution in [1.82, 2.24) is 35.2 Å². The third-order valence-electron chi connectivity index (χ3n) is 4.70. The minimum atomic E-state index is -0.323. The molecule has 4 aromatic heterocycles. The van der Waals surface area contributed by atoms with Crippen molar-refractivity contribution in [2.75, 3.05) is 11.9 Å². The number of amides is 2. The van der Waals surface area contributed by atoms with E-state index in [0.717, 1.165) is 33.2 Å². The fourth-order valence-corrected chi connectivity index (χ4v) is 3.36. The van der Waals surface area contributed by atoms with Gasteiger partial charge in [0.1, 0.15) is 5.65 Å². The Kier molecular flexibility index (Phi) is 4.32. The number of hydrogen-bond donors (Lipinski definition) is 4. The van der Waals surface area contributed by atoms with Crippen LogP contribution in [0.5, 0.6) is 0 Å². The van der Waals surface area contributed by atoms with E-state index < -0.39 is 0 Å². The molecule has 5 aromatic rings. The molecule has 2 amide bonds. The molecule has 0 aliphatic rings. The molecule has 4 heterocycles. The Morgan fingerprint density at radius 3 is 2.80 bits per heavy atom. The number of fused-ring (bicyclic) bond motifs is 2. The van der Waals surface area contributed by atoms with E-state index in [1.54, 1.807) is 18.5 Å². The Balaban J connectivity index is 1.67. The molecular formula is C21H18N8O. The van der Waals surface area contributed by atoms with E-state index in [9.17, 15) is 4.79 Å². The van der Waals surface area contributed by atoms with Gasteiger partial charge in [-0.25, -0.2) is 24.7 Å². The Morgan fingerprint density at radius 1 is 1.10 bits per heavy atom. The third-order valence-corrected chi connectivity index (χ3v) is 4.70. The van der Waals surface area contributed by atoms with Crippen molar-refractivity contribution in [3.8, 4) is 22.5 Å². The smallest absolute Gasteiger partial charge is 0.321 e. The van der Waals surface area contributed by atoms with Gasteiger partial charge in [0, 0.05) is 47.8 Å². The SMILES string of the molecule is CCNC(=O)Nc1nc2cc(-c3cnc4[nH]ccc4c3)cc(-c3ncccn3)c2[nH]1. The molecular weight excluding hydrogens is 380 g/mol. The number of urea groups is 1. The maximum absolute atomic E-state index is 11.9. The van der Waals surface area contributed by atoms with Crippen LogP contribution in [0.3, 0.4) is 0 Å². The van der Waals surface area contributed by atoms with Gasteiger partial charge in [-0.05, 0) is 42.8 Å². The van der Waals surface area contributed by atoms with Gasteiger partial charge < -0.3 is 15.3 Å². The molecule has 9 nitrogen and oxygen atoms in total. The van der Waals surface area contributed by atoms with Crippen LogP contribution in [-0.2, 0) is 0 Å². The predicted molar refractivity (Wildman–Crippen MR) is 115 cm³/mol. The molecule has 0 saturated carbocycles. The van der Waals surface area contributed by atoms with Gasteiger partial charge in [0.2, 0.25) is 5.95 Å². The summed E-state index contributed by atoms with van der Waals surface area (Å²) in [6, 6.07) is 9.45. The molecule has 9 heteroatoms. The number of anilines is 1. The number of nitrogens with one attached hydrogen (secondary N) is 4. The second kappa shape index (κ2) is 7.28. The summed E-state index contributed by atoms with van der Waals surface area (Å²) in [5, 5.41) is 6.43. The molecule has 0 fully saturated rings. The number of H-pyrrole nitrogens is 2. The summed E-state index contributed by atoms with van der Waals surface area (Å²) in [4.78, 5) is 36.0. The topological polar surface area (TPSA) is 124 Å². The highest BCUT2D eigenvalue weighted by molar-refractivity contribution is 5.98. The van der Waals surface area contributed by atoms with E-state index in [1.165, 1.54) is 0 Å². The molecule has 0 atom stereocenters. The Hall–Kier alpha value is -4.27. The first kappa shape index (κ1) is 17.8. The summed E-state index contributed by atoms with van der Waals surface area (Å²) in [6.07, 6.45) is 7.06. The molecule has 0 aliphatic carbocycles. The van der Waals surface area contributed by atoms with Crippen molar-refractivity contribution < 1.29 is 4.79 Å². The average Bonchev–Trinajstić information content (AvgIpc) is 3.39. The van der Waals surface area contributed by atoms with E-state index in [2.05, 4.69) is 46.6 Å². The van der Waals surface area contributed by atoms with Crippen LogP contribution < -0.4 is 10.6 Å². The minimum Gasteiger partial charge on any atom is -0.346 e. The van der Waals surface area contributed by atoms with Crippen molar-refractivity contribution in [1.29, 1.82) is 0 Å². The van der Waals surface area contributed by atoms with Crippen LogP contribution in [-0.4, -0.2) is 42.5 Å². The van der Waals surface area contributed by atoms with Crippen molar-refractivity contribution in [2.45, 2.75) is 6.92 Å². The maximum Gasteiger partial charge on any atom is 0.321 e. The number of rotatable bonds is 4. The molecule has 148 valence electrons. The second-order valence-electron chi connectivity index (χ2n) is 6.70. The van der Waals surface area contributed by atoms with Crippen LogP contribution >= 0.6 is 0 Å². The van der Waals surface area contributed by atoms with Crippen molar-refractivity contribution in [3.05, 3.63) is 55.1 Å². The highest BCUT2D eigenvalue weighted by Gasteiger charge is 2.15. The lowest BCUT2D eigenvalue weighted by molar-refractivity contribution is 0.252. The Bertz CT molecular complexity index is 1360. The lowest BCUT2D eigenvalue weighted by atomic mass is 10.0. The highest BCUT2D eigenvalue weighted by Crippen LogP contribution is 2.32. The summed E-state index contributed by atoms with van der Waals surface area (Å²) in [5.41, 5.74) is 4.93. The Labute approximate surface area is 171 Å². The molecule has 1 aromatic carbocycles. The molecule has 0 spiro atoms. The van der Waals surface area contributed by atoms with Crippen LogP contribution in [0.4, 0.5) is 10.7 Å². The van der Waals surface area contributed by atoms with Gasteiger partial charge in [-0.3, -0.25) is 5.32 Å². The van der Waals surface area contributed by atoms with Crippen molar-refractivity contribution in [3.63, 3.8) is 0 Å².